The third-order valence-corrected chi connectivity index (χ3v) is 6.22. The van der Waals surface area contributed by atoms with Gasteiger partial charge in [-0.2, -0.15) is 5.10 Å². The summed E-state index contributed by atoms with van der Waals surface area (Å²) in [5.41, 5.74) is 4.73. The van der Waals surface area contributed by atoms with Crippen LogP contribution in [-0.4, -0.2) is 42.9 Å². The minimum Gasteiger partial charge on any atom is -0.497 e. The molecule has 1 aliphatic rings. The van der Waals surface area contributed by atoms with Crippen LogP contribution in [0.25, 0.3) is 11.3 Å². The number of aromatic amines is 1. The first-order valence-electron chi connectivity index (χ1n) is 11.5. The summed E-state index contributed by atoms with van der Waals surface area (Å²) in [5.74, 6) is 0.843. The Labute approximate surface area is 208 Å². The zero-order valence-corrected chi connectivity index (χ0v) is 20.1. The molecule has 3 aromatic carbocycles. The molecule has 0 radical (unpaired) electrons. The second-order valence-corrected chi connectivity index (χ2v) is 8.21. The maximum absolute atomic E-state index is 13.7. The molecule has 4 aromatic rings. The number of carbonyl (C=O) groups is 2. The monoisotopic (exact) mass is 483 g/mol. The number of esters is 1. The van der Waals surface area contributed by atoms with Gasteiger partial charge < -0.3 is 14.2 Å². The SMILES string of the molecule is CCOC(=O)c1ccc(N2C(=O)c3[nH]nc(-c4ccc(OC)cc4)c3[C@H]2c2ccc(OC)cc2)cc1. The Balaban J connectivity index is 1.61. The van der Waals surface area contributed by atoms with E-state index >= 15 is 0 Å². The molecule has 36 heavy (non-hydrogen) atoms. The first kappa shape index (κ1) is 23.2. The number of amides is 1. The summed E-state index contributed by atoms with van der Waals surface area (Å²) >= 11 is 0. The lowest BCUT2D eigenvalue weighted by Gasteiger charge is -2.26. The molecule has 0 unspecified atom stereocenters. The number of ether oxygens (including phenoxy) is 3. The summed E-state index contributed by atoms with van der Waals surface area (Å²) in [6, 6.07) is 21.6. The highest BCUT2D eigenvalue weighted by molar-refractivity contribution is 6.12. The third kappa shape index (κ3) is 3.96. The van der Waals surface area contributed by atoms with Gasteiger partial charge >= 0.3 is 5.97 Å². The van der Waals surface area contributed by atoms with Crippen LogP contribution in [-0.2, 0) is 4.74 Å². The number of H-pyrrole nitrogens is 1. The number of aromatic nitrogens is 2. The number of methoxy groups -OCH3 is 2. The van der Waals surface area contributed by atoms with E-state index in [-0.39, 0.29) is 5.91 Å². The van der Waals surface area contributed by atoms with Crippen molar-refractivity contribution in [3.05, 3.63) is 95.2 Å². The van der Waals surface area contributed by atoms with Crippen molar-refractivity contribution in [1.29, 1.82) is 0 Å². The zero-order valence-electron chi connectivity index (χ0n) is 20.1. The van der Waals surface area contributed by atoms with Crippen LogP contribution >= 0.6 is 0 Å². The fourth-order valence-electron chi connectivity index (χ4n) is 4.46. The number of hydrogen-bond acceptors (Lipinski definition) is 6. The van der Waals surface area contributed by atoms with Gasteiger partial charge in [0.1, 0.15) is 17.2 Å². The van der Waals surface area contributed by atoms with E-state index in [2.05, 4.69) is 10.2 Å². The lowest BCUT2D eigenvalue weighted by Crippen LogP contribution is -2.29. The summed E-state index contributed by atoms with van der Waals surface area (Å²) in [5, 5.41) is 7.47. The van der Waals surface area contributed by atoms with Gasteiger partial charge in [-0.15, -0.1) is 0 Å². The average Bonchev–Trinajstić information content (AvgIpc) is 3.48. The maximum atomic E-state index is 13.7. The highest BCUT2D eigenvalue weighted by atomic mass is 16.5. The van der Waals surface area contributed by atoms with E-state index in [1.807, 2.05) is 48.5 Å². The first-order chi connectivity index (χ1) is 17.5. The molecule has 1 aromatic heterocycles. The quantitative estimate of drug-likeness (QED) is 0.371. The smallest absolute Gasteiger partial charge is 0.338 e. The van der Waals surface area contributed by atoms with Crippen LogP contribution in [0, 0.1) is 0 Å². The number of nitrogens with one attached hydrogen (secondary N) is 1. The highest BCUT2D eigenvalue weighted by Crippen LogP contribution is 2.45. The molecule has 0 aliphatic carbocycles. The summed E-state index contributed by atoms with van der Waals surface area (Å²) in [4.78, 5) is 27.5. The lowest BCUT2D eigenvalue weighted by molar-refractivity contribution is 0.0526. The number of fused-ring (bicyclic) bond motifs is 1. The van der Waals surface area contributed by atoms with E-state index < -0.39 is 12.0 Å². The Kier molecular flexibility index (Phi) is 6.16. The average molecular weight is 484 g/mol. The molecule has 1 atom stereocenters. The highest BCUT2D eigenvalue weighted by Gasteiger charge is 2.43. The second kappa shape index (κ2) is 9.58. The van der Waals surface area contributed by atoms with Gasteiger partial charge in [0.25, 0.3) is 5.91 Å². The molecule has 8 heteroatoms. The molecule has 0 fully saturated rings. The summed E-state index contributed by atoms with van der Waals surface area (Å²) < 4.78 is 15.7. The maximum Gasteiger partial charge on any atom is 0.338 e. The number of benzene rings is 3. The third-order valence-electron chi connectivity index (χ3n) is 6.22. The molecule has 1 aliphatic heterocycles. The Bertz CT molecular complexity index is 1390. The molecule has 8 nitrogen and oxygen atoms in total. The minimum absolute atomic E-state index is 0.207. The second-order valence-electron chi connectivity index (χ2n) is 8.21. The van der Waals surface area contributed by atoms with Crippen LogP contribution in [0.4, 0.5) is 5.69 Å². The number of hydrogen-bond donors (Lipinski definition) is 1. The summed E-state index contributed by atoms with van der Waals surface area (Å²) in [7, 11) is 3.23. The van der Waals surface area contributed by atoms with Crippen molar-refractivity contribution >= 4 is 17.6 Å². The summed E-state index contributed by atoms with van der Waals surface area (Å²) in [6.45, 7) is 2.05. The fourth-order valence-corrected chi connectivity index (χ4v) is 4.46. The van der Waals surface area contributed by atoms with Crippen molar-refractivity contribution in [3.8, 4) is 22.8 Å². The van der Waals surface area contributed by atoms with E-state index in [1.165, 1.54) is 0 Å². The Morgan fingerprint density at radius 3 is 2.11 bits per heavy atom. The van der Waals surface area contributed by atoms with Crippen LogP contribution in [0.2, 0.25) is 0 Å². The molecule has 1 N–H and O–H groups in total. The molecule has 0 saturated carbocycles. The van der Waals surface area contributed by atoms with Gasteiger partial charge in [-0.05, 0) is 73.2 Å². The standard InChI is InChI=1S/C28H25N3O5/c1-4-36-28(33)19-5-11-20(12-6-19)31-26(18-9-15-22(35-3)16-10-18)23-24(29-30-25(23)27(31)32)17-7-13-21(34-2)14-8-17/h5-16,26H,4H2,1-3H3,(H,29,30)/t26-/m1/s1. The largest absolute Gasteiger partial charge is 0.497 e. The number of rotatable bonds is 7. The van der Waals surface area contributed by atoms with Crippen LogP contribution in [0.5, 0.6) is 11.5 Å². The number of anilines is 1. The first-order valence-corrected chi connectivity index (χ1v) is 11.5. The van der Waals surface area contributed by atoms with E-state index in [0.717, 1.165) is 28.2 Å². The van der Waals surface area contributed by atoms with Crippen molar-refractivity contribution in [2.45, 2.75) is 13.0 Å². The molecule has 182 valence electrons. The van der Waals surface area contributed by atoms with Crippen LogP contribution < -0.4 is 14.4 Å². The zero-order chi connectivity index (χ0) is 25.2. The Morgan fingerprint density at radius 2 is 1.53 bits per heavy atom. The van der Waals surface area contributed by atoms with Gasteiger partial charge in [0.05, 0.1) is 38.1 Å². The molecular weight excluding hydrogens is 458 g/mol. The topological polar surface area (TPSA) is 93.8 Å². The summed E-state index contributed by atoms with van der Waals surface area (Å²) in [6.07, 6.45) is 0. The number of carbonyl (C=O) groups excluding carboxylic acids is 2. The van der Waals surface area contributed by atoms with Crippen molar-refractivity contribution in [3.63, 3.8) is 0 Å². The number of nitrogens with zero attached hydrogens (tertiary/aromatic N) is 2. The molecule has 0 spiro atoms. The minimum atomic E-state index is -0.442. The van der Waals surface area contributed by atoms with Crippen LogP contribution in [0.3, 0.4) is 0 Å². The fraction of sp³-hybridized carbons (Fsp3) is 0.179. The predicted octanol–water partition coefficient (Wildman–Crippen LogP) is 5.02. The van der Waals surface area contributed by atoms with Gasteiger partial charge in [-0.3, -0.25) is 14.8 Å². The van der Waals surface area contributed by atoms with Gasteiger partial charge in [0, 0.05) is 16.8 Å². The normalized spacial score (nSPS) is 14.5. The molecule has 1 amide bonds. The molecule has 0 saturated heterocycles. The van der Waals surface area contributed by atoms with E-state index in [4.69, 9.17) is 14.2 Å². The van der Waals surface area contributed by atoms with Crippen molar-refractivity contribution in [2.75, 3.05) is 25.7 Å². The Hall–Kier alpha value is -4.59. The lowest BCUT2D eigenvalue weighted by atomic mass is 9.95. The van der Waals surface area contributed by atoms with Crippen LogP contribution in [0.15, 0.2) is 72.8 Å². The predicted molar refractivity (Wildman–Crippen MR) is 135 cm³/mol. The van der Waals surface area contributed by atoms with E-state index in [1.54, 1.807) is 50.3 Å². The van der Waals surface area contributed by atoms with Crippen LogP contribution in [0.1, 0.15) is 44.9 Å². The van der Waals surface area contributed by atoms with Gasteiger partial charge in [-0.1, -0.05) is 12.1 Å². The molecule has 5 rings (SSSR count). The van der Waals surface area contributed by atoms with Crippen molar-refractivity contribution in [2.24, 2.45) is 0 Å². The molecule has 2 heterocycles. The van der Waals surface area contributed by atoms with Gasteiger partial charge in [0.2, 0.25) is 0 Å². The van der Waals surface area contributed by atoms with Crippen molar-refractivity contribution in [1.82, 2.24) is 10.2 Å². The van der Waals surface area contributed by atoms with E-state index in [9.17, 15) is 9.59 Å². The van der Waals surface area contributed by atoms with Gasteiger partial charge in [0.15, 0.2) is 0 Å². The Morgan fingerprint density at radius 1 is 0.917 bits per heavy atom. The van der Waals surface area contributed by atoms with Gasteiger partial charge in [-0.25, -0.2) is 4.79 Å². The van der Waals surface area contributed by atoms with E-state index in [0.29, 0.717) is 29.2 Å². The van der Waals surface area contributed by atoms with Crippen molar-refractivity contribution < 1.29 is 23.8 Å². The molecular formula is C28H25N3O5. The molecule has 0 bridgehead atoms.